The molecule has 0 heterocycles. The highest BCUT2D eigenvalue weighted by Gasteiger charge is 2.32. The zero-order valence-electron chi connectivity index (χ0n) is 10.5. The van der Waals surface area contributed by atoms with E-state index in [-0.39, 0.29) is 12.1 Å². The number of amides is 1. The number of carbonyl (C=O) groups is 1. The maximum atomic E-state index is 12.4. The lowest BCUT2D eigenvalue weighted by molar-refractivity contribution is -0.137. The Morgan fingerprint density at radius 1 is 1.35 bits per heavy atom. The fourth-order valence-electron chi connectivity index (χ4n) is 1.54. The summed E-state index contributed by atoms with van der Waals surface area (Å²) in [6, 6.07) is 2.02. The van der Waals surface area contributed by atoms with E-state index in [1.54, 1.807) is 0 Å². The molecule has 112 valence electrons. The molecule has 1 aromatic rings. The molecule has 8 heteroatoms. The maximum Gasteiger partial charge on any atom is 0.416 e. The van der Waals surface area contributed by atoms with Crippen LogP contribution >= 0.6 is 0 Å². The van der Waals surface area contributed by atoms with Crippen molar-refractivity contribution in [3.05, 3.63) is 29.3 Å². The normalized spacial score (nSPS) is 14.7. The second kappa shape index (κ2) is 6.10. The van der Waals surface area contributed by atoms with Crippen LogP contribution in [0.2, 0.25) is 0 Å². The van der Waals surface area contributed by atoms with Gasteiger partial charge in [0.15, 0.2) is 0 Å². The molecule has 5 nitrogen and oxygen atoms in total. The van der Waals surface area contributed by atoms with Gasteiger partial charge in [-0.05, 0) is 12.1 Å². The smallest absolute Gasteiger partial charge is 0.416 e. The Morgan fingerprint density at radius 2 is 1.95 bits per heavy atom. The topological polar surface area (TPSA) is 89.8 Å². The van der Waals surface area contributed by atoms with Gasteiger partial charge in [-0.15, -0.1) is 0 Å². The number of hydrogen-bond donors (Lipinski definition) is 4. The summed E-state index contributed by atoms with van der Waals surface area (Å²) in [6.45, 7) is 0.908. The Kier molecular flexibility index (Phi) is 4.96. The Balaban J connectivity index is 2.88. The van der Waals surface area contributed by atoms with Gasteiger partial charge in [-0.25, -0.2) is 0 Å². The van der Waals surface area contributed by atoms with Crippen LogP contribution in [-0.2, 0) is 11.0 Å². The van der Waals surface area contributed by atoms with Crippen molar-refractivity contribution in [1.29, 1.82) is 0 Å². The van der Waals surface area contributed by atoms with Gasteiger partial charge in [0.25, 0.3) is 0 Å². The molecule has 0 spiro atoms. The van der Waals surface area contributed by atoms with E-state index >= 15 is 0 Å². The van der Waals surface area contributed by atoms with Gasteiger partial charge >= 0.3 is 6.18 Å². The highest BCUT2D eigenvalue weighted by Crippen LogP contribution is 2.35. The molecule has 0 radical (unpaired) electrons. The van der Waals surface area contributed by atoms with Crippen molar-refractivity contribution in [2.45, 2.75) is 25.3 Å². The summed E-state index contributed by atoms with van der Waals surface area (Å²) in [5, 5.41) is 31.0. The average Bonchev–Trinajstić information content (AvgIpc) is 2.33. The molecule has 2 atom stereocenters. The number of alkyl halides is 3. The second-order valence-electron chi connectivity index (χ2n) is 4.22. The Morgan fingerprint density at radius 3 is 2.40 bits per heavy atom. The standard InChI is InChI=1S/C12H14F3NO4/c1-6(17)16-5-10(19)11(20)8-3-2-7(4-9(8)18)12(13,14)15/h2-4,10-11,18-20H,5H2,1H3,(H,16,17). The van der Waals surface area contributed by atoms with Crippen LogP contribution in [0.3, 0.4) is 0 Å². The van der Waals surface area contributed by atoms with Crippen LogP contribution in [0.5, 0.6) is 5.75 Å². The van der Waals surface area contributed by atoms with Gasteiger partial charge in [-0.1, -0.05) is 6.07 Å². The fourth-order valence-corrected chi connectivity index (χ4v) is 1.54. The SMILES string of the molecule is CC(=O)NCC(O)C(O)c1ccc(C(F)(F)F)cc1O. The highest BCUT2D eigenvalue weighted by atomic mass is 19.4. The third-order valence-electron chi connectivity index (χ3n) is 2.60. The first-order valence-electron chi connectivity index (χ1n) is 5.63. The number of hydrogen-bond acceptors (Lipinski definition) is 4. The number of benzene rings is 1. The monoisotopic (exact) mass is 293 g/mol. The summed E-state index contributed by atoms with van der Waals surface area (Å²) in [5.74, 6) is -1.22. The van der Waals surface area contributed by atoms with E-state index in [0.717, 1.165) is 6.07 Å². The van der Waals surface area contributed by atoms with Crippen LogP contribution in [0.4, 0.5) is 13.2 Å². The number of halogens is 3. The van der Waals surface area contributed by atoms with Crippen LogP contribution in [0.1, 0.15) is 24.2 Å². The lowest BCUT2D eigenvalue weighted by Crippen LogP contribution is -2.34. The molecule has 2 unspecified atom stereocenters. The predicted octanol–water partition coefficient (Wildman–Crippen LogP) is 0.941. The van der Waals surface area contributed by atoms with Crippen LogP contribution in [0, 0.1) is 0 Å². The van der Waals surface area contributed by atoms with Crippen molar-refractivity contribution in [1.82, 2.24) is 5.32 Å². The lowest BCUT2D eigenvalue weighted by Gasteiger charge is -2.20. The van der Waals surface area contributed by atoms with Gasteiger partial charge in [0.05, 0.1) is 5.56 Å². The molecule has 20 heavy (non-hydrogen) atoms. The molecule has 1 amide bonds. The molecule has 4 N–H and O–H groups in total. The molecule has 0 aliphatic heterocycles. The van der Waals surface area contributed by atoms with Gasteiger partial charge in [0, 0.05) is 19.0 Å². The summed E-state index contributed by atoms with van der Waals surface area (Å²) >= 11 is 0. The largest absolute Gasteiger partial charge is 0.508 e. The fraction of sp³-hybridized carbons (Fsp3) is 0.417. The van der Waals surface area contributed by atoms with Crippen molar-refractivity contribution in [2.24, 2.45) is 0 Å². The second-order valence-corrected chi connectivity index (χ2v) is 4.22. The molecule has 0 aliphatic carbocycles. The summed E-state index contributed by atoms with van der Waals surface area (Å²) < 4.78 is 37.2. The molecule has 0 aromatic heterocycles. The van der Waals surface area contributed by atoms with Crippen LogP contribution < -0.4 is 5.32 Å². The van der Waals surface area contributed by atoms with E-state index in [1.165, 1.54) is 6.92 Å². The zero-order valence-corrected chi connectivity index (χ0v) is 10.5. The number of carbonyl (C=O) groups excluding carboxylic acids is 1. The average molecular weight is 293 g/mol. The minimum Gasteiger partial charge on any atom is -0.508 e. The van der Waals surface area contributed by atoms with E-state index in [4.69, 9.17) is 0 Å². The first-order chi connectivity index (χ1) is 9.12. The summed E-state index contributed by atoms with van der Waals surface area (Å²) in [7, 11) is 0. The number of rotatable bonds is 4. The maximum absolute atomic E-state index is 12.4. The van der Waals surface area contributed by atoms with Crippen molar-refractivity contribution < 1.29 is 33.3 Å². The third-order valence-corrected chi connectivity index (χ3v) is 2.60. The predicted molar refractivity (Wildman–Crippen MR) is 62.8 cm³/mol. The molecule has 0 saturated heterocycles. The summed E-state index contributed by atoms with van der Waals surface area (Å²) in [5.41, 5.74) is -1.32. The zero-order chi connectivity index (χ0) is 15.5. The number of nitrogens with one attached hydrogen (secondary N) is 1. The molecule has 0 fully saturated rings. The summed E-state index contributed by atoms with van der Waals surface area (Å²) in [4.78, 5) is 10.7. The van der Waals surface area contributed by atoms with Gasteiger partial charge in [0.2, 0.25) is 5.91 Å². The van der Waals surface area contributed by atoms with Crippen LogP contribution in [0.25, 0.3) is 0 Å². The Hall–Kier alpha value is -1.80. The van der Waals surface area contributed by atoms with Crippen LogP contribution in [-0.4, -0.2) is 33.9 Å². The van der Waals surface area contributed by atoms with E-state index < -0.39 is 35.6 Å². The molecule has 1 rings (SSSR count). The van der Waals surface area contributed by atoms with Gasteiger partial charge in [0.1, 0.15) is 18.0 Å². The van der Waals surface area contributed by atoms with Crippen LogP contribution in [0.15, 0.2) is 18.2 Å². The number of phenols is 1. The lowest BCUT2D eigenvalue weighted by atomic mass is 10.0. The molecule has 1 aromatic carbocycles. The molecular formula is C12H14F3NO4. The van der Waals surface area contributed by atoms with Crippen molar-refractivity contribution in [3.8, 4) is 5.75 Å². The minimum atomic E-state index is -4.62. The van der Waals surface area contributed by atoms with E-state index in [0.29, 0.717) is 12.1 Å². The number of aromatic hydroxyl groups is 1. The number of aliphatic hydroxyl groups is 2. The van der Waals surface area contributed by atoms with Gasteiger partial charge in [-0.3, -0.25) is 4.79 Å². The summed E-state index contributed by atoms with van der Waals surface area (Å²) in [6.07, 6.45) is -7.69. The minimum absolute atomic E-state index is 0.254. The van der Waals surface area contributed by atoms with Gasteiger partial charge in [-0.2, -0.15) is 13.2 Å². The quantitative estimate of drug-likeness (QED) is 0.665. The van der Waals surface area contributed by atoms with Gasteiger partial charge < -0.3 is 20.6 Å². The number of phenolic OH excluding ortho intramolecular Hbond substituents is 1. The van der Waals surface area contributed by atoms with E-state index in [2.05, 4.69) is 5.32 Å². The first kappa shape index (κ1) is 16.3. The number of aliphatic hydroxyl groups excluding tert-OH is 2. The Bertz CT molecular complexity index is 490. The van der Waals surface area contributed by atoms with Crippen molar-refractivity contribution in [3.63, 3.8) is 0 Å². The molecule has 0 saturated carbocycles. The van der Waals surface area contributed by atoms with Crippen molar-refractivity contribution >= 4 is 5.91 Å². The van der Waals surface area contributed by atoms with E-state index in [9.17, 15) is 33.3 Å². The molecule has 0 bridgehead atoms. The van der Waals surface area contributed by atoms with E-state index in [1.807, 2.05) is 0 Å². The first-order valence-corrected chi connectivity index (χ1v) is 5.63. The molecule has 0 aliphatic rings. The molecular weight excluding hydrogens is 279 g/mol. The third kappa shape index (κ3) is 4.10. The Labute approximate surface area is 112 Å². The van der Waals surface area contributed by atoms with Crippen molar-refractivity contribution in [2.75, 3.05) is 6.54 Å². The highest BCUT2D eigenvalue weighted by molar-refractivity contribution is 5.72.